The van der Waals surface area contributed by atoms with E-state index in [1.807, 2.05) is 49.1 Å². The molecule has 2 aliphatic rings. The maximum absolute atomic E-state index is 12.9. The molecule has 2 saturated heterocycles. The van der Waals surface area contributed by atoms with Crippen molar-refractivity contribution < 1.29 is 19.1 Å². The summed E-state index contributed by atoms with van der Waals surface area (Å²) in [6.07, 6.45) is 2.07. The summed E-state index contributed by atoms with van der Waals surface area (Å²) >= 11 is 0. The van der Waals surface area contributed by atoms with Crippen LogP contribution in [0.5, 0.6) is 5.75 Å². The molecule has 7 nitrogen and oxygen atoms in total. The molecule has 158 valence electrons. The van der Waals surface area contributed by atoms with Crippen molar-refractivity contribution in [3.8, 4) is 5.75 Å². The lowest BCUT2D eigenvalue weighted by Crippen LogP contribution is -2.58. The van der Waals surface area contributed by atoms with Gasteiger partial charge in [0.15, 0.2) is 0 Å². The van der Waals surface area contributed by atoms with E-state index in [0.717, 1.165) is 5.75 Å². The van der Waals surface area contributed by atoms with Crippen molar-refractivity contribution in [2.24, 2.45) is 5.92 Å². The second-order valence-electron chi connectivity index (χ2n) is 8.33. The number of para-hydroxylation sites is 1. The summed E-state index contributed by atoms with van der Waals surface area (Å²) in [7, 11) is 1.55. The average molecular weight is 402 g/mol. The van der Waals surface area contributed by atoms with Gasteiger partial charge in [0.2, 0.25) is 5.91 Å². The smallest absolute Gasteiger partial charge is 0.327 e. The van der Waals surface area contributed by atoms with Crippen LogP contribution >= 0.6 is 0 Å². The summed E-state index contributed by atoms with van der Waals surface area (Å²) in [6.45, 7) is 6.13. The second kappa shape index (κ2) is 8.84. The van der Waals surface area contributed by atoms with E-state index >= 15 is 0 Å². The van der Waals surface area contributed by atoms with Crippen molar-refractivity contribution in [3.05, 3.63) is 30.3 Å². The molecule has 2 fully saturated rings. The molecule has 0 radical (unpaired) electrons. The van der Waals surface area contributed by atoms with E-state index in [4.69, 9.17) is 4.74 Å². The van der Waals surface area contributed by atoms with Crippen LogP contribution in [0.1, 0.15) is 39.5 Å². The number of imide groups is 1. The van der Waals surface area contributed by atoms with Gasteiger partial charge in [0.1, 0.15) is 11.3 Å². The van der Waals surface area contributed by atoms with Gasteiger partial charge < -0.3 is 14.5 Å². The van der Waals surface area contributed by atoms with Gasteiger partial charge in [-0.05, 0) is 37.3 Å². The van der Waals surface area contributed by atoms with E-state index in [0.29, 0.717) is 51.9 Å². The number of carbonyl (C=O) groups excluding carboxylic acids is 3. The molecule has 1 aromatic rings. The molecule has 0 saturated carbocycles. The number of ether oxygens (including phenoxy) is 1. The molecule has 0 bridgehead atoms. The number of urea groups is 1. The fourth-order valence-electron chi connectivity index (χ4n) is 4.19. The predicted octanol–water partition coefficient (Wildman–Crippen LogP) is 2.76. The Morgan fingerprint density at radius 1 is 1.14 bits per heavy atom. The zero-order valence-electron chi connectivity index (χ0n) is 17.6. The second-order valence-corrected chi connectivity index (χ2v) is 8.33. The highest BCUT2D eigenvalue weighted by molar-refractivity contribution is 6.07. The molecule has 0 aliphatic carbocycles. The first-order chi connectivity index (χ1) is 13.8. The summed E-state index contributed by atoms with van der Waals surface area (Å²) in [4.78, 5) is 42.8. The minimum atomic E-state index is -0.788. The van der Waals surface area contributed by atoms with Crippen molar-refractivity contribution in [2.75, 3.05) is 33.3 Å². The Balaban J connectivity index is 1.51. The lowest BCUT2D eigenvalue weighted by Gasteiger charge is -2.42. The van der Waals surface area contributed by atoms with E-state index in [2.05, 4.69) is 0 Å². The van der Waals surface area contributed by atoms with Crippen molar-refractivity contribution >= 4 is 17.8 Å². The predicted molar refractivity (Wildman–Crippen MR) is 109 cm³/mol. The van der Waals surface area contributed by atoms with Gasteiger partial charge in [-0.1, -0.05) is 32.0 Å². The Kier molecular flexibility index (Phi) is 6.45. The Morgan fingerprint density at radius 3 is 2.41 bits per heavy atom. The molecule has 7 heteroatoms. The SMILES string of the molecule is CC(C)CN1C(=O)N(C)C(=O)C12CCN(C(=O)CCCOc1ccccc1)CC2. The number of hydrogen-bond acceptors (Lipinski definition) is 4. The summed E-state index contributed by atoms with van der Waals surface area (Å²) in [5, 5.41) is 0. The largest absolute Gasteiger partial charge is 0.494 e. The van der Waals surface area contributed by atoms with Crippen LogP contribution in [0.4, 0.5) is 4.79 Å². The van der Waals surface area contributed by atoms with Crippen molar-refractivity contribution in [1.29, 1.82) is 0 Å². The first-order valence-corrected chi connectivity index (χ1v) is 10.4. The van der Waals surface area contributed by atoms with E-state index in [9.17, 15) is 14.4 Å². The highest BCUT2D eigenvalue weighted by Crippen LogP contribution is 2.37. The van der Waals surface area contributed by atoms with Crippen LogP contribution in [0.3, 0.4) is 0 Å². The molecule has 2 aliphatic heterocycles. The molecule has 0 atom stereocenters. The summed E-state index contributed by atoms with van der Waals surface area (Å²) in [5.74, 6) is 1.03. The third kappa shape index (κ3) is 4.38. The zero-order valence-corrected chi connectivity index (χ0v) is 17.6. The fraction of sp³-hybridized carbons (Fsp3) is 0.591. The fourth-order valence-corrected chi connectivity index (χ4v) is 4.19. The van der Waals surface area contributed by atoms with Crippen LogP contribution in [0.25, 0.3) is 0 Å². The number of piperidine rings is 1. The van der Waals surface area contributed by atoms with E-state index in [-0.39, 0.29) is 23.8 Å². The highest BCUT2D eigenvalue weighted by Gasteiger charge is 2.57. The zero-order chi connectivity index (χ0) is 21.0. The van der Waals surface area contributed by atoms with E-state index in [1.54, 1.807) is 11.9 Å². The molecule has 1 aromatic carbocycles. The van der Waals surface area contributed by atoms with Gasteiger partial charge in [-0.3, -0.25) is 14.5 Å². The standard InChI is InChI=1S/C22H31N3O4/c1-17(2)16-25-21(28)23(3)20(27)22(25)11-13-24(14-12-22)19(26)10-7-15-29-18-8-5-4-6-9-18/h4-6,8-9,17H,7,10-16H2,1-3H3. The maximum atomic E-state index is 12.9. The van der Waals surface area contributed by atoms with Gasteiger partial charge in [-0.25, -0.2) is 4.79 Å². The normalized spacial score (nSPS) is 18.8. The maximum Gasteiger partial charge on any atom is 0.327 e. The Bertz CT molecular complexity index is 742. The van der Waals surface area contributed by atoms with Gasteiger partial charge in [0.05, 0.1) is 6.61 Å². The Morgan fingerprint density at radius 2 is 1.79 bits per heavy atom. The summed E-state index contributed by atoms with van der Waals surface area (Å²) in [5.41, 5.74) is -0.788. The monoisotopic (exact) mass is 401 g/mol. The molecular formula is C22H31N3O4. The number of likely N-dealkylation sites (tertiary alicyclic amines) is 1. The molecule has 4 amide bonds. The molecule has 3 rings (SSSR count). The highest BCUT2D eigenvalue weighted by atomic mass is 16.5. The average Bonchev–Trinajstić information content (AvgIpc) is 2.88. The van der Waals surface area contributed by atoms with Crippen molar-refractivity contribution in [2.45, 2.75) is 45.1 Å². The minimum absolute atomic E-state index is 0.0806. The molecule has 0 N–H and O–H groups in total. The van der Waals surface area contributed by atoms with E-state index in [1.165, 1.54) is 4.90 Å². The molecule has 1 spiro atoms. The molecular weight excluding hydrogens is 370 g/mol. The Labute approximate surface area is 172 Å². The number of amides is 4. The summed E-state index contributed by atoms with van der Waals surface area (Å²) < 4.78 is 5.64. The van der Waals surface area contributed by atoms with Gasteiger partial charge >= 0.3 is 6.03 Å². The number of likely N-dealkylation sites (N-methyl/N-ethyl adjacent to an activating group) is 1. The third-order valence-corrected chi connectivity index (χ3v) is 5.78. The number of benzene rings is 1. The number of hydrogen-bond donors (Lipinski definition) is 0. The van der Waals surface area contributed by atoms with Crippen LogP contribution in [0.2, 0.25) is 0 Å². The molecule has 0 unspecified atom stereocenters. The van der Waals surface area contributed by atoms with Gasteiger partial charge in [-0.15, -0.1) is 0 Å². The van der Waals surface area contributed by atoms with Crippen LogP contribution in [0, 0.1) is 5.92 Å². The number of nitrogens with zero attached hydrogens (tertiary/aromatic N) is 3. The van der Waals surface area contributed by atoms with Gasteiger partial charge in [0.25, 0.3) is 5.91 Å². The molecule has 2 heterocycles. The van der Waals surface area contributed by atoms with Crippen LogP contribution in [-0.4, -0.2) is 71.4 Å². The first-order valence-electron chi connectivity index (χ1n) is 10.4. The van der Waals surface area contributed by atoms with Crippen molar-refractivity contribution in [3.63, 3.8) is 0 Å². The van der Waals surface area contributed by atoms with Gasteiger partial charge in [-0.2, -0.15) is 0 Å². The van der Waals surface area contributed by atoms with Crippen molar-refractivity contribution in [1.82, 2.24) is 14.7 Å². The van der Waals surface area contributed by atoms with Gasteiger partial charge in [0, 0.05) is 33.1 Å². The number of rotatable bonds is 7. The van der Waals surface area contributed by atoms with Crippen LogP contribution in [-0.2, 0) is 9.59 Å². The molecule has 29 heavy (non-hydrogen) atoms. The Hall–Kier alpha value is -2.57. The quantitative estimate of drug-likeness (QED) is 0.520. The number of carbonyl (C=O) groups is 3. The third-order valence-electron chi connectivity index (χ3n) is 5.78. The lowest BCUT2D eigenvalue weighted by atomic mass is 9.85. The van der Waals surface area contributed by atoms with E-state index < -0.39 is 5.54 Å². The van der Waals surface area contributed by atoms with Crippen LogP contribution < -0.4 is 4.74 Å². The first kappa shape index (κ1) is 21.1. The molecule has 0 aromatic heterocycles. The minimum Gasteiger partial charge on any atom is -0.494 e. The lowest BCUT2D eigenvalue weighted by molar-refractivity contribution is -0.140. The summed E-state index contributed by atoms with van der Waals surface area (Å²) in [6, 6.07) is 9.33. The van der Waals surface area contributed by atoms with Crippen LogP contribution in [0.15, 0.2) is 30.3 Å². The topological polar surface area (TPSA) is 70.2 Å².